The van der Waals surface area contributed by atoms with Crippen molar-refractivity contribution in [2.45, 2.75) is 6.92 Å². The summed E-state index contributed by atoms with van der Waals surface area (Å²) in [4.78, 5) is 4.18. The van der Waals surface area contributed by atoms with Crippen molar-refractivity contribution in [2.24, 2.45) is 0 Å². The van der Waals surface area contributed by atoms with E-state index in [0.717, 1.165) is 33.6 Å². The van der Waals surface area contributed by atoms with Gasteiger partial charge in [0.2, 0.25) is 0 Å². The summed E-state index contributed by atoms with van der Waals surface area (Å²) in [6.07, 6.45) is 3.57. The van der Waals surface area contributed by atoms with Crippen LogP contribution >= 0.6 is 0 Å². The van der Waals surface area contributed by atoms with Crippen LogP contribution in [0.25, 0.3) is 10.8 Å². The Morgan fingerprint density at radius 3 is 2.62 bits per heavy atom. The van der Waals surface area contributed by atoms with Crippen molar-refractivity contribution >= 4 is 27.8 Å². The molecule has 0 spiro atoms. The maximum Gasteiger partial charge on any atom is 0.119 e. The Hall–Kier alpha value is -2.75. The third-order valence-corrected chi connectivity index (χ3v) is 3.30. The van der Waals surface area contributed by atoms with Crippen molar-refractivity contribution in [2.75, 3.05) is 17.7 Å². The molecule has 3 aromatic rings. The zero-order valence-corrected chi connectivity index (χ0v) is 11.8. The zero-order chi connectivity index (χ0) is 14.7. The van der Waals surface area contributed by atoms with Crippen LogP contribution in [-0.4, -0.2) is 11.6 Å². The molecule has 0 unspecified atom stereocenters. The lowest BCUT2D eigenvalue weighted by atomic mass is 10.1. The van der Waals surface area contributed by atoms with Crippen LogP contribution in [0.4, 0.5) is 17.1 Å². The lowest BCUT2D eigenvalue weighted by molar-refractivity contribution is 0.340. The molecule has 0 saturated heterocycles. The Morgan fingerprint density at radius 1 is 1.05 bits per heavy atom. The molecule has 0 aliphatic carbocycles. The van der Waals surface area contributed by atoms with Crippen LogP contribution in [0.5, 0.6) is 5.75 Å². The van der Waals surface area contributed by atoms with Gasteiger partial charge in [-0.05, 0) is 49.4 Å². The Bertz CT molecular complexity index is 754. The first-order valence-electron chi connectivity index (χ1n) is 6.90. The average Bonchev–Trinajstić information content (AvgIpc) is 2.52. The van der Waals surface area contributed by atoms with Gasteiger partial charge < -0.3 is 15.8 Å². The molecule has 0 bridgehead atoms. The summed E-state index contributed by atoms with van der Waals surface area (Å²) in [6.45, 7) is 2.64. The van der Waals surface area contributed by atoms with Gasteiger partial charge in [0.15, 0.2) is 0 Å². The quantitative estimate of drug-likeness (QED) is 0.710. The second kappa shape index (κ2) is 5.71. The number of aromatic nitrogens is 1. The van der Waals surface area contributed by atoms with Crippen molar-refractivity contribution in [3.8, 4) is 5.75 Å². The molecule has 1 heterocycles. The van der Waals surface area contributed by atoms with E-state index in [-0.39, 0.29) is 0 Å². The molecule has 0 atom stereocenters. The Labute approximate surface area is 123 Å². The van der Waals surface area contributed by atoms with Crippen LogP contribution in [0.15, 0.2) is 54.9 Å². The Morgan fingerprint density at radius 2 is 1.86 bits per heavy atom. The molecule has 4 heteroatoms. The van der Waals surface area contributed by atoms with Crippen molar-refractivity contribution in [1.82, 2.24) is 4.98 Å². The van der Waals surface area contributed by atoms with E-state index in [1.54, 1.807) is 6.20 Å². The largest absolute Gasteiger partial charge is 0.494 e. The fourth-order valence-electron chi connectivity index (χ4n) is 2.28. The number of anilines is 3. The number of ether oxygens (including phenoxy) is 1. The minimum atomic E-state index is 0.668. The van der Waals surface area contributed by atoms with E-state index < -0.39 is 0 Å². The molecule has 21 heavy (non-hydrogen) atoms. The van der Waals surface area contributed by atoms with E-state index in [1.807, 2.05) is 55.6 Å². The van der Waals surface area contributed by atoms with E-state index in [1.165, 1.54) is 0 Å². The molecule has 3 rings (SSSR count). The van der Waals surface area contributed by atoms with Crippen molar-refractivity contribution < 1.29 is 4.74 Å². The number of nitrogens with one attached hydrogen (secondary N) is 1. The Kier molecular flexibility index (Phi) is 3.60. The average molecular weight is 279 g/mol. The number of hydrogen-bond acceptors (Lipinski definition) is 4. The summed E-state index contributed by atoms with van der Waals surface area (Å²) in [5.74, 6) is 0.867. The van der Waals surface area contributed by atoms with Crippen LogP contribution in [0.2, 0.25) is 0 Å². The van der Waals surface area contributed by atoms with Crippen molar-refractivity contribution in [1.29, 1.82) is 0 Å². The highest BCUT2D eigenvalue weighted by molar-refractivity contribution is 6.01. The number of rotatable bonds is 4. The molecule has 3 N–H and O–H groups in total. The minimum absolute atomic E-state index is 0.668. The second-order valence-corrected chi connectivity index (χ2v) is 4.71. The first kappa shape index (κ1) is 13.2. The maximum atomic E-state index is 6.00. The fraction of sp³-hybridized carbons (Fsp3) is 0.118. The van der Waals surface area contributed by atoms with Crippen LogP contribution in [-0.2, 0) is 0 Å². The molecule has 0 amide bonds. The number of benzene rings is 2. The summed E-state index contributed by atoms with van der Waals surface area (Å²) in [5, 5.41) is 5.40. The molecule has 2 aromatic carbocycles. The van der Waals surface area contributed by atoms with Gasteiger partial charge in [0, 0.05) is 40.2 Å². The highest BCUT2D eigenvalue weighted by atomic mass is 16.5. The molecular weight excluding hydrogens is 262 g/mol. The first-order chi connectivity index (χ1) is 10.3. The summed E-state index contributed by atoms with van der Waals surface area (Å²) < 4.78 is 5.44. The number of nitrogens with two attached hydrogens (primary N) is 1. The number of nitrogens with zero attached hydrogens (tertiary/aromatic N) is 1. The molecule has 4 nitrogen and oxygen atoms in total. The molecule has 0 fully saturated rings. The van der Waals surface area contributed by atoms with Gasteiger partial charge in [0.05, 0.1) is 6.61 Å². The van der Waals surface area contributed by atoms with E-state index in [9.17, 15) is 0 Å². The molecular formula is C17H17N3O. The van der Waals surface area contributed by atoms with E-state index in [4.69, 9.17) is 10.5 Å². The SMILES string of the molecule is CCOc1ccc(Nc2ccc(N)c3ccncc23)cc1. The van der Waals surface area contributed by atoms with E-state index in [0.29, 0.717) is 6.61 Å². The van der Waals surface area contributed by atoms with Crippen molar-refractivity contribution in [3.05, 3.63) is 54.9 Å². The zero-order valence-electron chi connectivity index (χ0n) is 11.8. The highest BCUT2D eigenvalue weighted by Crippen LogP contribution is 2.30. The maximum absolute atomic E-state index is 6.00. The van der Waals surface area contributed by atoms with Crippen LogP contribution < -0.4 is 15.8 Å². The summed E-state index contributed by atoms with van der Waals surface area (Å²) in [5.41, 5.74) is 8.73. The van der Waals surface area contributed by atoms with Crippen molar-refractivity contribution in [3.63, 3.8) is 0 Å². The molecule has 106 valence electrons. The topological polar surface area (TPSA) is 60.2 Å². The second-order valence-electron chi connectivity index (χ2n) is 4.71. The van der Waals surface area contributed by atoms with Crippen LogP contribution in [0, 0.1) is 0 Å². The number of hydrogen-bond donors (Lipinski definition) is 2. The smallest absolute Gasteiger partial charge is 0.119 e. The van der Waals surface area contributed by atoms with Gasteiger partial charge in [-0.3, -0.25) is 4.98 Å². The molecule has 0 aliphatic heterocycles. The van der Waals surface area contributed by atoms with E-state index in [2.05, 4.69) is 10.3 Å². The van der Waals surface area contributed by atoms with Gasteiger partial charge in [0.25, 0.3) is 0 Å². The van der Waals surface area contributed by atoms with Crippen LogP contribution in [0.1, 0.15) is 6.92 Å². The van der Waals surface area contributed by atoms with Gasteiger partial charge in [-0.2, -0.15) is 0 Å². The number of fused-ring (bicyclic) bond motifs is 1. The molecule has 1 aromatic heterocycles. The van der Waals surface area contributed by atoms with Gasteiger partial charge >= 0.3 is 0 Å². The third kappa shape index (κ3) is 2.74. The number of pyridine rings is 1. The highest BCUT2D eigenvalue weighted by Gasteiger charge is 2.04. The molecule has 0 radical (unpaired) electrons. The third-order valence-electron chi connectivity index (χ3n) is 3.30. The standard InChI is InChI=1S/C17H17N3O/c1-2-21-13-5-3-12(4-6-13)20-17-8-7-16(18)14-9-10-19-11-15(14)17/h3-11,20H,2,18H2,1H3. The molecule has 0 aliphatic rings. The summed E-state index contributed by atoms with van der Waals surface area (Å²) >= 11 is 0. The lowest BCUT2D eigenvalue weighted by Gasteiger charge is -2.11. The summed E-state index contributed by atoms with van der Waals surface area (Å²) in [6, 6.07) is 13.7. The van der Waals surface area contributed by atoms with Gasteiger partial charge in [-0.15, -0.1) is 0 Å². The van der Waals surface area contributed by atoms with Gasteiger partial charge in [-0.1, -0.05) is 0 Å². The lowest BCUT2D eigenvalue weighted by Crippen LogP contribution is -1.95. The van der Waals surface area contributed by atoms with Crippen LogP contribution in [0.3, 0.4) is 0 Å². The first-order valence-corrected chi connectivity index (χ1v) is 6.90. The molecule has 0 saturated carbocycles. The normalized spacial score (nSPS) is 10.5. The van der Waals surface area contributed by atoms with Gasteiger partial charge in [-0.25, -0.2) is 0 Å². The number of nitrogen functional groups attached to an aromatic ring is 1. The van der Waals surface area contributed by atoms with E-state index >= 15 is 0 Å². The Balaban J connectivity index is 1.93. The predicted octanol–water partition coefficient (Wildman–Crippen LogP) is 3.96. The minimum Gasteiger partial charge on any atom is -0.494 e. The monoisotopic (exact) mass is 279 g/mol. The summed E-state index contributed by atoms with van der Waals surface area (Å²) in [7, 11) is 0. The predicted molar refractivity (Wildman–Crippen MR) is 87.0 cm³/mol. The fourth-order valence-corrected chi connectivity index (χ4v) is 2.28. The van der Waals surface area contributed by atoms with Gasteiger partial charge in [0.1, 0.15) is 5.75 Å².